The smallest absolute Gasteiger partial charge is 0.132 e. The third-order valence-corrected chi connectivity index (χ3v) is 3.72. The van der Waals surface area contributed by atoms with E-state index >= 15 is 0 Å². The summed E-state index contributed by atoms with van der Waals surface area (Å²) in [5, 5.41) is 9.99. The number of aromatic nitrogens is 1. The second-order valence-corrected chi connectivity index (χ2v) is 4.91. The summed E-state index contributed by atoms with van der Waals surface area (Å²) < 4.78 is 5.31. The molecule has 18 heavy (non-hydrogen) atoms. The third kappa shape index (κ3) is 2.83. The first-order valence-electron chi connectivity index (χ1n) is 5.62. The number of aryl methyl sites for hydroxylation is 1. The highest BCUT2D eigenvalue weighted by molar-refractivity contribution is 7.99. The highest BCUT2D eigenvalue weighted by Crippen LogP contribution is 2.35. The second-order valence-electron chi connectivity index (χ2n) is 3.88. The van der Waals surface area contributed by atoms with Gasteiger partial charge in [0.1, 0.15) is 10.8 Å². The van der Waals surface area contributed by atoms with Gasteiger partial charge in [-0.25, -0.2) is 4.98 Å². The summed E-state index contributed by atoms with van der Waals surface area (Å²) in [4.78, 5) is 5.40. The molecule has 0 unspecified atom stereocenters. The molecule has 0 saturated heterocycles. The number of pyridine rings is 1. The summed E-state index contributed by atoms with van der Waals surface area (Å²) in [6, 6.07) is 9.80. The lowest BCUT2D eigenvalue weighted by Crippen LogP contribution is -1.92. The third-order valence-electron chi connectivity index (χ3n) is 2.55. The van der Waals surface area contributed by atoms with Crippen LogP contribution in [0.4, 0.5) is 0 Å². The molecule has 0 aliphatic heterocycles. The van der Waals surface area contributed by atoms with Gasteiger partial charge in [0.2, 0.25) is 0 Å². The van der Waals surface area contributed by atoms with Gasteiger partial charge in [-0.05, 0) is 36.2 Å². The average molecular weight is 261 g/mol. The standard InChI is InChI=1S/C14H15NO2S/c1-10-7-11(9-16)8-15-14(10)18-13-6-4-3-5-12(13)17-2/h3-8,16H,9H2,1-2H3. The van der Waals surface area contributed by atoms with Gasteiger partial charge >= 0.3 is 0 Å². The lowest BCUT2D eigenvalue weighted by atomic mass is 10.2. The minimum absolute atomic E-state index is 0.0213. The van der Waals surface area contributed by atoms with E-state index in [2.05, 4.69) is 4.98 Å². The first-order chi connectivity index (χ1) is 8.74. The van der Waals surface area contributed by atoms with Gasteiger partial charge in [-0.3, -0.25) is 0 Å². The van der Waals surface area contributed by atoms with Crippen LogP contribution in [0.5, 0.6) is 5.75 Å². The maximum Gasteiger partial charge on any atom is 0.132 e. The fourth-order valence-electron chi connectivity index (χ4n) is 1.62. The topological polar surface area (TPSA) is 42.4 Å². The van der Waals surface area contributed by atoms with Gasteiger partial charge < -0.3 is 9.84 Å². The Hall–Kier alpha value is -1.52. The van der Waals surface area contributed by atoms with Crippen molar-refractivity contribution in [1.82, 2.24) is 4.98 Å². The fourth-order valence-corrected chi connectivity index (χ4v) is 2.55. The Morgan fingerprint density at radius 2 is 2.11 bits per heavy atom. The van der Waals surface area contributed by atoms with Crippen molar-refractivity contribution in [1.29, 1.82) is 0 Å². The van der Waals surface area contributed by atoms with Crippen molar-refractivity contribution in [3.63, 3.8) is 0 Å². The molecule has 1 aromatic carbocycles. The number of hydrogen-bond donors (Lipinski definition) is 1. The number of benzene rings is 1. The Kier molecular flexibility index (Phi) is 4.23. The average Bonchev–Trinajstić information content (AvgIpc) is 2.41. The predicted octanol–water partition coefficient (Wildman–Crippen LogP) is 3.04. The Morgan fingerprint density at radius 3 is 2.78 bits per heavy atom. The molecule has 2 rings (SSSR count). The largest absolute Gasteiger partial charge is 0.496 e. The quantitative estimate of drug-likeness (QED) is 0.918. The summed E-state index contributed by atoms with van der Waals surface area (Å²) in [6.07, 6.45) is 1.70. The molecule has 0 saturated carbocycles. The van der Waals surface area contributed by atoms with E-state index in [1.165, 1.54) is 0 Å². The minimum atomic E-state index is 0.0213. The highest BCUT2D eigenvalue weighted by Gasteiger charge is 2.07. The summed E-state index contributed by atoms with van der Waals surface area (Å²) in [5.41, 5.74) is 1.88. The zero-order valence-corrected chi connectivity index (χ0v) is 11.2. The SMILES string of the molecule is COc1ccccc1Sc1ncc(CO)cc1C. The van der Waals surface area contributed by atoms with Gasteiger partial charge in [0, 0.05) is 6.20 Å². The van der Waals surface area contributed by atoms with Gasteiger partial charge in [-0.1, -0.05) is 23.9 Å². The number of hydrogen-bond acceptors (Lipinski definition) is 4. The first-order valence-corrected chi connectivity index (χ1v) is 6.43. The lowest BCUT2D eigenvalue weighted by molar-refractivity contribution is 0.281. The van der Waals surface area contributed by atoms with Crippen molar-refractivity contribution >= 4 is 11.8 Å². The highest BCUT2D eigenvalue weighted by atomic mass is 32.2. The fraction of sp³-hybridized carbons (Fsp3) is 0.214. The Labute approximate surface area is 111 Å². The molecule has 0 atom stereocenters. The molecule has 0 bridgehead atoms. The molecule has 4 heteroatoms. The maximum atomic E-state index is 9.06. The first kappa shape index (κ1) is 12.9. The summed E-state index contributed by atoms with van der Waals surface area (Å²) >= 11 is 1.57. The molecule has 0 spiro atoms. The molecule has 1 aromatic heterocycles. The van der Waals surface area contributed by atoms with Crippen LogP contribution in [0, 0.1) is 6.92 Å². The van der Waals surface area contributed by atoms with Crippen LogP contribution in [0.3, 0.4) is 0 Å². The van der Waals surface area contributed by atoms with Gasteiger partial charge in [0.15, 0.2) is 0 Å². The van der Waals surface area contributed by atoms with E-state index in [0.29, 0.717) is 0 Å². The molecule has 0 aliphatic carbocycles. The zero-order chi connectivity index (χ0) is 13.0. The maximum absolute atomic E-state index is 9.06. The zero-order valence-electron chi connectivity index (χ0n) is 10.4. The van der Waals surface area contributed by atoms with Crippen molar-refractivity contribution in [2.24, 2.45) is 0 Å². The summed E-state index contributed by atoms with van der Waals surface area (Å²) in [5.74, 6) is 0.843. The normalized spacial score (nSPS) is 10.4. The van der Waals surface area contributed by atoms with Crippen molar-refractivity contribution < 1.29 is 9.84 Å². The lowest BCUT2D eigenvalue weighted by Gasteiger charge is -2.09. The van der Waals surface area contributed by atoms with Crippen LogP contribution in [-0.4, -0.2) is 17.2 Å². The number of ether oxygens (including phenoxy) is 1. The number of nitrogens with zero attached hydrogens (tertiary/aromatic N) is 1. The number of para-hydroxylation sites is 1. The van der Waals surface area contributed by atoms with E-state index in [4.69, 9.17) is 9.84 Å². The van der Waals surface area contributed by atoms with Crippen LogP contribution in [0.15, 0.2) is 46.5 Å². The number of aliphatic hydroxyl groups is 1. The van der Waals surface area contributed by atoms with Crippen molar-refractivity contribution in [3.05, 3.63) is 47.7 Å². The van der Waals surface area contributed by atoms with E-state index in [9.17, 15) is 0 Å². The van der Waals surface area contributed by atoms with Crippen LogP contribution in [0.25, 0.3) is 0 Å². The van der Waals surface area contributed by atoms with Gasteiger partial charge in [-0.15, -0.1) is 0 Å². The Morgan fingerprint density at radius 1 is 1.33 bits per heavy atom. The second kappa shape index (κ2) is 5.89. The molecule has 2 aromatic rings. The van der Waals surface area contributed by atoms with Gasteiger partial charge in [0.05, 0.1) is 18.6 Å². The molecule has 0 amide bonds. The van der Waals surface area contributed by atoms with E-state index < -0.39 is 0 Å². The molecule has 1 heterocycles. The molecular formula is C14H15NO2S. The van der Waals surface area contributed by atoms with Crippen LogP contribution < -0.4 is 4.74 Å². The monoisotopic (exact) mass is 261 g/mol. The molecular weight excluding hydrogens is 246 g/mol. The van der Waals surface area contributed by atoms with E-state index in [1.54, 1.807) is 25.1 Å². The van der Waals surface area contributed by atoms with Crippen LogP contribution in [0.2, 0.25) is 0 Å². The van der Waals surface area contributed by atoms with Crippen molar-refractivity contribution in [2.75, 3.05) is 7.11 Å². The van der Waals surface area contributed by atoms with Crippen molar-refractivity contribution in [3.8, 4) is 5.75 Å². The molecule has 3 nitrogen and oxygen atoms in total. The van der Waals surface area contributed by atoms with E-state index in [1.807, 2.05) is 37.3 Å². The van der Waals surface area contributed by atoms with Gasteiger partial charge in [0.25, 0.3) is 0 Å². The molecule has 1 N–H and O–H groups in total. The molecule has 94 valence electrons. The van der Waals surface area contributed by atoms with Crippen LogP contribution >= 0.6 is 11.8 Å². The minimum Gasteiger partial charge on any atom is -0.496 e. The van der Waals surface area contributed by atoms with Crippen LogP contribution in [-0.2, 0) is 6.61 Å². The predicted molar refractivity (Wildman–Crippen MR) is 72.0 cm³/mol. The van der Waals surface area contributed by atoms with Crippen LogP contribution in [0.1, 0.15) is 11.1 Å². The molecule has 0 radical (unpaired) electrons. The van der Waals surface area contributed by atoms with E-state index in [-0.39, 0.29) is 6.61 Å². The van der Waals surface area contributed by atoms with Gasteiger partial charge in [-0.2, -0.15) is 0 Å². The Balaban J connectivity index is 2.28. The summed E-state index contributed by atoms with van der Waals surface area (Å²) in [7, 11) is 1.66. The Bertz CT molecular complexity index is 543. The van der Waals surface area contributed by atoms with Crippen molar-refractivity contribution in [2.45, 2.75) is 23.5 Å². The number of methoxy groups -OCH3 is 1. The summed E-state index contributed by atoms with van der Waals surface area (Å²) in [6.45, 7) is 2.01. The molecule has 0 fully saturated rings. The van der Waals surface area contributed by atoms with E-state index in [0.717, 1.165) is 26.8 Å². The number of aliphatic hydroxyl groups excluding tert-OH is 1. The molecule has 0 aliphatic rings. The number of rotatable bonds is 4.